The second-order valence-corrected chi connectivity index (χ2v) is 10.6. The summed E-state index contributed by atoms with van der Waals surface area (Å²) in [6, 6.07) is 14.8. The molecule has 0 fully saturated rings. The third-order valence-corrected chi connectivity index (χ3v) is 7.93. The number of nitrogens with zero attached hydrogens (tertiary/aromatic N) is 4. The smallest absolute Gasteiger partial charge is 0.180 e. The normalized spacial score (nSPS) is 18.0. The van der Waals surface area contributed by atoms with E-state index in [9.17, 15) is 9.18 Å². The Morgan fingerprint density at radius 3 is 2.69 bits per heavy atom. The molecule has 1 atom stereocenters. The molecule has 35 heavy (non-hydrogen) atoms. The van der Waals surface area contributed by atoms with Crippen molar-refractivity contribution in [2.24, 2.45) is 5.41 Å². The zero-order chi connectivity index (χ0) is 24.6. The van der Waals surface area contributed by atoms with E-state index in [4.69, 9.17) is 10.8 Å². The molecule has 0 saturated carbocycles. The average Bonchev–Trinajstić information content (AvgIpc) is 3.41. The van der Waals surface area contributed by atoms with E-state index in [0.29, 0.717) is 22.2 Å². The SMILES string of the molecule is Cc1nc(-c2cc(-c3ccccc3)n(CC(=O)C3(C)CCCc4sc(N)nc4CC3)n2)ccc1F. The number of anilines is 1. The molecule has 1 aliphatic rings. The van der Waals surface area contributed by atoms with Crippen LogP contribution in [0.15, 0.2) is 48.5 Å². The van der Waals surface area contributed by atoms with Crippen LogP contribution in [0, 0.1) is 18.2 Å². The average molecular weight is 490 g/mol. The summed E-state index contributed by atoms with van der Waals surface area (Å²) < 4.78 is 15.6. The van der Waals surface area contributed by atoms with Gasteiger partial charge in [0, 0.05) is 10.3 Å². The van der Waals surface area contributed by atoms with Gasteiger partial charge < -0.3 is 5.73 Å². The summed E-state index contributed by atoms with van der Waals surface area (Å²) in [5.74, 6) is -0.201. The summed E-state index contributed by atoms with van der Waals surface area (Å²) in [6.07, 6.45) is 4.13. The van der Waals surface area contributed by atoms with Crippen molar-refractivity contribution in [3.8, 4) is 22.6 Å². The number of aromatic nitrogens is 4. The molecule has 0 bridgehead atoms. The van der Waals surface area contributed by atoms with Gasteiger partial charge in [-0.25, -0.2) is 14.4 Å². The molecule has 1 aliphatic carbocycles. The van der Waals surface area contributed by atoms with Crippen molar-refractivity contribution in [1.29, 1.82) is 0 Å². The zero-order valence-corrected chi connectivity index (χ0v) is 20.7. The van der Waals surface area contributed by atoms with Gasteiger partial charge in [-0.1, -0.05) is 37.3 Å². The van der Waals surface area contributed by atoms with Gasteiger partial charge in [0.15, 0.2) is 10.9 Å². The molecule has 2 N–H and O–H groups in total. The minimum Gasteiger partial charge on any atom is -0.375 e. The molecule has 8 heteroatoms. The minimum atomic E-state index is -0.471. The second kappa shape index (κ2) is 9.34. The Hall–Kier alpha value is -3.39. The van der Waals surface area contributed by atoms with Gasteiger partial charge in [0.1, 0.15) is 18.1 Å². The van der Waals surface area contributed by atoms with Gasteiger partial charge >= 0.3 is 0 Å². The van der Waals surface area contributed by atoms with E-state index < -0.39 is 5.41 Å². The number of benzene rings is 1. The number of hydrogen-bond acceptors (Lipinski definition) is 6. The number of pyridine rings is 1. The van der Waals surface area contributed by atoms with Crippen molar-refractivity contribution in [3.63, 3.8) is 0 Å². The van der Waals surface area contributed by atoms with Crippen molar-refractivity contribution in [1.82, 2.24) is 19.7 Å². The summed E-state index contributed by atoms with van der Waals surface area (Å²) in [6.45, 7) is 3.86. The van der Waals surface area contributed by atoms with E-state index in [1.807, 2.05) is 36.4 Å². The molecular weight excluding hydrogens is 461 g/mol. The van der Waals surface area contributed by atoms with Gasteiger partial charge in [0.25, 0.3) is 0 Å². The molecule has 0 aliphatic heterocycles. The van der Waals surface area contributed by atoms with Crippen molar-refractivity contribution < 1.29 is 9.18 Å². The summed E-state index contributed by atoms with van der Waals surface area (Å²) in [7, 11) is 0. The molecule has 0 amide bonds. The van der Waals surface area contributed by atoms with Gasteiger partial charge in [-0.2, -0.15) is 5.10 Å². The first-order valence-electron chi connectivity index (χ1n) is 11.9. The Kier molecular flexibility index (Phi) is 6.23. The topological polar surface area (TPSA) is 86.7 Å². The number of carbonyl (C=O) groups is 1. The van der Waals surface area contributed by atoms with Crippen LogP contribution in [-0.4, -0.2) is 25.5 Å². The maximum Gasteiger partial charge on any atom is 0.180 e. The van der Waals surface area contributed by atoms with Gasteiger partial charge in [0.2, 0.25) is 0 Å². The molecule has 6 nitrogen and oxygen atoms in total. The van der Waals surface area contributed by atoms with Crippen LogP contribution >= 0.6 is 11.3 Å². The van der Waals surface area contributed by atoms with E-state index in [1.54, 1.807) is 29.0 Å². The highest BCUT2D eigenvalue weighted by molar-refractivity contribution is 7.15. The van der Waals surface area contributed by atoms with Crippen molar-refractivity contribution in [2.75, 3.05) is 5.73 Å². The molecule has 0 saturated heterocycles. The lowest BCUT2D eigenvalue weighted by atomic mass is 9.75. The van der Waals surface area contributed by atoms with Gasteiger partial charge in [-0.15, -0.1) is 11.3 Å². The standard InChI is InChI=1S/C27H28FN5OS/c1-17-19(28)10-11-20(30-17)22-15-23(18-7-4-3-5-8-18)33(32-22)16-25(34)27(2)13-6-9-24-21(12-14-27)31-26(29)35-24/h3-5,7-8,10-11,15H,6,9,12-14,16H2,1-2H3,(H2,29,31). The Bertz CT molecular complexity index is 1380. The largest absolute Gasteiger partial charge is 0.375 e. The summed E-state index contributed by atoms with van der Waals surface area (Å²) >= 11 is 1.56. The number of nitrogen functional groups attached to an aromatic ring is 1. The van der Waals surface area contributed by atoms with Crippen LogP contribution < -0.4 is 5.73 Å². The Balaban J connectivity index is 1.46. The number of Topliss-reactive ketones (excluding diaryl/α,β-unsaturated/α-hetero) is 1. The number of halogens is 1. The highest BCUT2D eigenvalue weighted by atomic mass is 32.1. The lowest BCUT2D eigenvalue weighted by molar-refractivity contribution is -0.129. The van der Waals surface area contributed by atoms with Crippen LogP contribution in [-0.2, 0) is 24.2 Å². The van der Waals surface area contributed by atoms with E-state index in [1.165, 1.54) is 10.9 Å². The van der Waals surface area contributed by atoms with Gasteiger partial charge in [-0.3, -0.25) is 9.48 Å². The molecule has 180 valence electrons. The first kappa shape index (κ1) is 23.4. The zero-order valence-electron chi connectivity index (χ0n) is 19.9. The maximum atomic E-state index is 13.8. The van der Waals surface area contributed by atoms with Crippen LogP contribution in [0.3, 0.4) is 0 Å². The second-order valence-electron chi connectivity index (χ2n) is 9.46. The van der Waals surface area contributed by atoms with Crippen molar-refractivity contribution >= 4 is 22.3 Å². The van der Waals surface area contributed by atoms with Crippen LogP contribution in [0.25, 0.3) is 22.6 Å². The number of hydrogen-bond donors (Lipinski definition) is 1. The summed E-state index contributed by atoms with van der Waals surface area (Å²) in [5, 5.41) is 5.36. The van der Waals surface area contributed by atoms with Gasteiger partial charge in [-0.05, 0) is 62.8 Å². The van der Waals surface area contributed by atoms with Crippen molar-refractivity contribution in [2.45, 2.75) is 52.5 Å². The fourth-order valence-corrected chi connectivity index (χ4v) is 5.67. The molecule has 0 spiro atoms. The molecule has 4 aromatic rings. The van der Waals surface area contributed by atoms with Crippen LogP contribution in [0.4, 0.5) is 9.52 Å². The van der Waals surface area contributed by atoms with E-state index in [0.717, 1.165) is 49.1 Å². The Morgan fingerprint density at radius 1 is 1.11 bits per heavy atom. The quantitative estimate of drug-likeness (QED) is 0.392. The molecule has 1 aromatic carbocycles. The van der Waals surface area contributed by atoms with Crippen molar-refractivity contribution in [3.05, 3.63) is 70.6 Å². The van der Waals surface area contributed by atoms with E-state index >= 15 is 0 Å². The number of thiazole rings is 1. The predicted octanol–water partition coefficient (Wildman–Crippen LogP) is 5.64. The summed E-state index contributed by atoms with van der Waals surface area (Å²) in [5.41, 5.74) is 9.81. The number of aryl methyl sites for hydroxylation is 3. The lowest BCUT2D eigenvalue weighted by Gasteiger charge is -2.30. The number of carbonyl (C=O) groups excluding carboxylic acids is 1. The third-order valence-electron chi connectivity index (χ3n) is 6.94. The van der Waals surface area contributed by atoms with Crippen LogP contribution in [0.5, 0.6) is 0 Å². The van der Waals surface area contributed by atoms with Gasteiger partial charge in [0.05, 0.1) is 22.8 Å². The maximum absolute atomic E-state index is 13.8. The molecule has 3 aromatic heterocycles. The highest BCUT2D eigenvalue weighted by Gasteiger charge is 2.35. The highest BCUT2D eigenvalue weighted by Crippen LogP contribution is 2.37. The minimum absolute atomic E-state index is 0.152. The third kappa shape index (κ3) is 4.75. The molecule has 1 unspecified atom stereocenters. The van der Waals surface area contributed by atoms with Crippen LogP contribution in [0.1, 0.15) is 42.5 Å². The monoisotopic (exact) mass is 489 g/mol. The first-order valence-corrected chi connectivity index (χ1v) is 12.7. The van der Waals surface area contributed by atoms with Crippen LogP contribution in [0.2, 0.25) is 0 Å². The number of rotatable bonds is 5. The Morgan fingerprint density at radius 2 is 1.91 bits per heavy atom. The number of fused-ring (bicyclic) bond motifs is 1. The molecular formula is C27H28FN5OS. The number of ketones is 1. The molecule has 0 radical (unpaired) electrons. The molecule has 3 heterocycles. The fraction of sp³-hybridized carbons (Fsp3) is 0.333. The first-order chi connectivity index (χ1) is 16.8. The predicted molar refractivity (Wildman–Crippen MR) is 136 cm³/mol. The van der Waals surface area contributed by atoms with E-state index in [2.05, 4.69) is 16.9 Å². The summed E-state index contributed by atoms with van der Waals surface area (Å²) in [4.78, 5) is 23.9. The fourth-order valence-electron chi connectivity index (χ4n) is 4.75. The van der Waals surface area contributed by atoms with E-state index in [-0.39, 0.29) is 18.1 Å². The number of nitrogens with two attached hydrogens (primary N) is 1. The Labute approximate surface area is 208 Å². The molecule has 5 rings (SSSR count). The lowest BCUT2D eigenvalue weighted by Crippen LogP contribution is -2.33.